The third kappa shape index (κ3) is 5.78. The van der Waals surface area contributed by atoms with Gasteiger partial charge < -0.3 is 15.1 Å². The zero-order valence-corrected chi connectivity index (χ0v) is 19.1. The highest BCUT2D eigenvalue weighted by Gasteiger charge is 2.30. The van der Waals surface area contributed by atoms with E-state index in [4.69, 9.17) is 5.26 Å². The van der Waals surface area contributed by atoms with E-state index in [0.29, 0.717) is 25.2 Å². The summed E-state index contributed by atoms with van der Waals surface area (Å²) in [5.41, 5.74) is 1.58. The van der Waals surface area contributed by atoms with Gasteiger partial charge in [0.25, 0.3) is 0 Å². The average Bonchev–Trinajstić information content (AvgIpc) is 2.84. The van der Waals surface area contributed by atoms with Gasteiger partial charge in [-0.25, -0.2) is 13.2 Å². The molecule has 0 aromatic heterocycles. The van der Waals surface area contributed by atoms with Crippen molar-refractivity contribution in [3.63, 3.8) is 0 Å². The van der Waals surface area contributed by atoms with Crippen LogP contribution < -0.4 is 10.2 Å². The van der Waals surface area contributed by atoms with Gasteiger partial charge in [-0.05, 0) is 49.7 Å². The second-order valence-electron chi connectivity index (χ2n) is 7.53. The molecule has 1 aliphatic heterocycles. The molecule has 2 amide bonds. The highest BCUT2D eigenvalue weighted by atomic mass is 32.2. The van der Waals surface area contributed by atoms with Gasteiger partial charge in [0.2, 0.25) is 10.0 Å². The number of nitrogens with zero attached hydrogens (tertiary/aromatic N) is 4. The zero-order chi connectivity index (χ0) is 23.0. The van der Waals surface area contributed by atoms with Crippen molar-refractivity contribution in [2.24, 2.45) is 0 Å². The van der Waals surface area contributed by atoms with Crippen LogP contribution in [0, 0.1) is 11.3 Å². The van der Waals surface area contributed by atoms with Crippen LogP contribution in [-0.4, -0.2) is 69.5 Å². The highest BCUT2D eigenvalue weighted by Crippen LogP contribution is 2.18. The van der Waals surface area contributed by atoms with Crippen LogP contribution in [0.1, 0.15) is 18.9 Å². The fourth-order valence-corrected chi connectivity index (χ4v) is 5.09. The van der Waals surface area contributed by atoms with Crippen LogP contribution >= 0.6 is 0 Å². The molecule has 1 N–H and O–H groups in total. The van der Waals surface area contributed by atoms with E-state index in [1.807, 2.05) is 24.3 Å². The van der Waals surface area contributed by atoms with Gasteiger partial charge in [0.1, 0.15) is 0 Å². The van der Waals surface area contributed by atoms with Crippen LogP contribution in [0.5, 0.6) is 0 Å². The van der Waals surface area contributed by atoms with Gasteiger partial charge in [-0.2, -0.15) is 9.57 Å². The number of para-hydroxylation sites is 1. The molecular formula is C23H29N5O3S. The normalized spacial score (nSPS) is 14.6. The fraction of sp³-hybridized carbons (Fsp3) is 0.391. The summed E-state index contributed by atoms with van der Waals surface area (Å²) < 4.78 is 27.0. The van der Waals surface area contributed by atoms with Crippen molar-refractivity contribution >= 4 is 21.7 Å². The number of rotatable bonds is 8. The van der Waals surface area contributed by atoms with Crippen molar-refractivity contribution in [3.8, 4) is 6.07 Å². The molecule has 0 atom stereocenters. The molecule has 9 heteroatoms. The van der Waals surface area contributed by atoms with Gasteiger partial charge in [-0.3, -0.25) is 0 Å². The Morgan fingerprint density at radius 3 is 2.31 bits per heavy atom. The second-order valence-corrected chi connectivity index (χ2v) is 9.47. The number of urea groups is 1. The Labute approximate surface area is 190 Å². The fourth-order valence-electron chi connectivity index (χ4n) is 3.67. The maximum absolute atomic E-state index is 12.8. The summed E-state index contributed by atoms with van der Waals surface area (Å²) in [4.78, 5) is 16.6. The molecule has 0 aliphatic carbocycles. The first-order valence-corrected chi connectivity index (χ1v) is 12.2. The minimum absolute atomic E-state index is 0.160. The molecule has 0 radical (unpaired) electrons. The lowest BCUT2D eigenvalue weighted by Crippen LogP contribution is -2.53. The van der Waals surface area contributed by atoms with Gasteiger partial charge in [0, 0.05) is 51.5 Å². The summed E-state index contributed by atoms with van der Waals surface area (Å²) in [6.45, 7) is 5.58. The van der Waals surface area contributed by atoms with Crippen molar-refractivity contribution in [1.29, 1.82) is 5.26 Å². The van der Waals surface area contributed by atoms with Crippen molar-refractivity contribution < 1.29 is 13.2 Å². The summed E-state index contributed by atoms with van der Waals surface area (Å²) in [7, 11) is -3.64. The lowest BCUT2D eigenvalue weighted by Gasteiger charge is -2.34. The van der Waals surface area contributed by atoms with Crippen molar-refractivity contribution in [1.82, 2.24) is 14.5 Å². The first-order chi connectivity index (χ1) is 15.5. The second kappa shape index (κ2) is 11.0. The van der Waals surface area contributed by atoms with Gasteiger partial charge in [-0.1, -0.05) is 18.2 Å². The molecule has 32 heavy (non-hydrogen) atoms. The number of sulfonamides is 1. The molecule has 1 aliphatic rings. The van der Waals surface area contributed by atoms with Crippen LogP contribution in [0.2, 0.25) is 0 Å². The lowest BCUT2D eigenvalue weighted by atomic mass is 10.2. The average molecular weight is 456 g/mol. The van der Waals surface area contributed by atoms with Gasteiger partial charge in [-0.15, -0.1) is 0 Å². The zero-order valence-electron chi connectivity index (χ0n) is 18.3. The SMILES string of the molecule is CCN(CCCNC(=O)N1CCN(S(=O)(=O)c2ccc(C#N)cc2)CC1)c1ccccc1. The first kappa shape index (κ1) is 23.6. The number of carbonyl (C=O) groups excluding carboxylic acids is 1. The number of nitrogens with one attached hydrogen (secondary N) is 1. The van der Waals surface area contributed by atoms with Crippen molar-refractivity contribution in [2.75, 3.05) is 50.7 Å². The number of carbonyl (C=O) groups is 1. The van der Waals surface area contributed by atoms with Crippen molar-refractivity contribution in [3.05, 3.63) is 60.2 Å². The van der Waals surface area contributed by atoms with Gasteiger partial charge in [0.15, 0.2) is 0 Å². The molecular weight excluding hydrogens is 426 g/mol. The first-order valence-electron chi connectivity index (χ1n) is 10.8. The number of amides is 2. The molecule has 0 unspecified atom stereocenters. The number of anilines is 1. The van der Waals surface area contributed by atoms with E-state index >= 15 is 0 Å². The number of hydrogen-bond acceptors (Lipinski definition) is 5. The molecule has 2 aromatic rings. The monoisotopic (exact) mass is 455 g/mol. The molecule has 1 saturated heterocycles. The maximum atomic E-state index is 12.8. The van der Waals surface area contributed by atoms with Gasteiger partial charge >= 0.3 is 6.03 Å². The molecule has 1 heterocycles. The highest BCUT2D eigenvalue weighted by molar-refractivity contribution is 7.89. The van der Waals surface area contributed by atoms with E-state index < -0.39 is 10.0 Å². The maximum Gasteiger partial charge on any atom is 0.317 e. The summed E-state index contributed by atoms with van der Waals surface area (Å²) in [5, 5.41) is 11.8. The van der Waals surface area contributed by atoms with E-state index in [0.717, 1.165) is 19.5 Å². The summed E-state index contributed by atoms with van der Waals surface area (Å²) in [6, 6.07) is 17.9. The summed E-state index contributed by atoms with van der Waals surface area (Å²) in [5.74, 6) is 0. The predicted molar refractivity (Wildman–Crippen MR) is 124 cm³/mol. The molecule has 8 nitrogen and oxygen atoms in total. The minimum Gasteiger partial charge on any atom is -0.372 e. The number of benzene rings is 2. The smallest absolute Gasteiger partial charge is 0.317 e. The van der Waals surface area contributed by atoms with Crippen LogP contribution in [0.25, 0.3) is 0 Å². The van der Waals surface area contributed by atoms with Crippen LogP contribution in [0.3, 0.4) is 0 Å². The number of hydrogen-bond donors (Lipinski definition) is 1. The molecule has 0 spiro atoms. The topological polar surface area (TPSA) is 96.8 Å². The molecule has 3 rings (SSSR count). The molecule has 0 bridgehead atoms. The third-order valence-electron chi connectivity index (χ3n) is 5.53. The largest absolute Gasteiger partial charge is 0.372 e. The Hall–Kier alpha value is -3.09. The lowest BCUT2D eigenvalue weighted by molar-refractivity contribution is 0.172. The van der Waals surface area contributed by atoms with Crippen molar-refractivity contribution in [2.45, 2.75) is 18.2 Å². The van der Waals surface area contributed by atoms with E-state index in [-0.39, 0.29) is 24.0 Å². The Bertz CT molecular complexity index is 1030. The number of piperazine rings is 1. The molecule has 1 fully saturated rings. The molecule has 2 aromatic carbocycles. The third-order valence-corrected chi connectivity index (χ3v) is 7.44. The molecule has 170 valence electrons. The van der Waals surface area contributed by atoms with Crippen LogP contribution in [0.4, 0.5) is 10.5 Å². The Morgan fingerprint density at radius 2 is 1.72 bits per heavy atom. The van der Waals surface area contributed by atoms with Gasteiger partial charge in [0.05, 0.1) is 16.5 Å². The Kier molecular flexibility index (Phi) is 8.09. The van der Waals surface area contributed by atoms with E-state index in [1.165, 1.54) is 34.3 Å². The van der Waals surface area contributed by atoms with E-state index in [2.05, 4.69) is 29.3 Å². The van der Waals surface area contributed by atoms with Crippen LogP contribution in [0.15, 0.2) is 59.5 Å². The molecule has 0 saturated carbocycles. The number of nitriles is 1. The standard InChI is InChI=1S/C23H29N5O3S/c1-2-26(21-7-4-3-5-8-21)14-6-13-25-23(29)27-15-17-28(18-16-27)32(30,31)22-11-9-20(19-24)10-12-22/h3-5,7-12H,2,6,13-18H2,1H3,(H,25,29). The van der Waals surface area contributed by atoms with Crippen LogP contribution in [-0.2, 0) is 10.0 Å². The van der Waals surface area contributed by atoms with E-state index in [9.17, 15) is 13.2 Å². The predicted octanol–water partition coefficient (Wildman–Crippen LogP) is 2.49. The summed E-state index contributed by atoms with van der Waals surface area (Å²) >= 11 is 0. The Morgan fingerprint density at radius 1 is 1.06 bits per heavy atom. The quantitative estimate of drug-likeness (QED) is 0.617. The Balaban J connectivity index is 1.43. The summed E-state index contributed by atoms with van der Waals surface area (Å²) in [6.07, 6.45) is 0.821. The minimum atomic E-state index is -3.64. The van der Waals surface area contributed by atoms with E-state index in [1.54, 1.807) is 4.90 Å².